The maximum absolute atomic E-state index is 14.6. The van der Waals surface area contributed by atoms with Gasteiger partial charge in [-0.25, -0.2) is 18.2 Å². The fourth-order valence-electron chi connectivity index (χ4n) is 4.94. The lowest BCUT2D eigenvalue weighted by molar-refractivity contribution is -0.137. The Hall–Kier alpha value is -4.74. The molecular formula is C30H23F6N3O3. The van der Waals surface area contributed by atoms with Crippen LogP contribution in [0.25, 0.3) is 33.8 Å². The predicted molar refractivity (Wildman–Crippen MR) is 144 cm³/mol. The van der Waals surface area contributed by atoms with Gasteiger partial charge < -0.3 is 18.4 Å². The van der Waals surface area contributed by atoms with E-state index in [4.69, 9.17) is 9.47 Å². The molecule has 0 amide bonds. The van der Waals surface area contributed by atoms with Crippen molar-refractivity contribution in [3.05, 3.63) is 94.5 Å². The summed E-state index contributed by atoms with van der Waals surface area (Å²) in [6, 6.07) is 6.32. The number of ether oxygens (including phenoxy) is 2. The number of aromatic nitrogens is 3. The minimum Gasteiger partial charge on any atom is -0.501 e. The lowest BCUT2D eigenvalue weighted by Crippen LogP contribution is -2.10. The molecule has 5 rings (SSSR count). The van der Waals surface area contributed by atoms with Crippen molar-refractivity contribution in [3.63, 3.8) is 0 Å². The summed E-state index contributed by atoms with van der Waals surface area (Å²) in [4.78, 5) is 17.9. The molecule has 2 aromatic carbocycles. The molecule has 12 heteroatoms. The molecular weight excluding hydrogens is 564 g/mol. The highest BCUT2D eigenvalue weighted by molar-refractivity contribution is 6.10. The maximum Gasteiger partial charge on any atom is 0.417 e. The number of hydrogen-bond acceptors (Lipinski definition) is 4. The Labute approximate surface area is 235 Å². The molecule has 0 atom stereocenters. The zero-order valence-corrected chi connectivity index (χ0v) is 22.7. The van der Waals surface area contributed by atoms with Crippen LogP contribution in [0.2, 0.25) is 0 Å². The first-order valence-corrected chi connectivity index (χ1v) is 12.6. The van der Waals surface area contributed by atoms with Gasteiger partial charge in [0.25, 0.3) is 0 Å². The quantitative estimate of drug-likeness (QED) is 0.0858. The van der Waals surface area contributed by atoms with Crippen molar-refractivity contribution in [1.82, 2.24) is 14.0 Å². The first-order chi connectivity index (χ1) is 19.9. The normalized spacial score (nSPS) is 12.1. The number of carbonyl (C=O) groups is 1. The number of carbonyl (C=O) groups excluding carboxylic acids is 1. The van der Waals surface area contributed by atoms with Gasteiger partial charge in [0, 0.05) is 35.5 Å². The molecule has 3 heterocycles. The number of methoxy groups -OCH3 is 1. The van der Waals surface area contributed by atoms with Crippen LogP contribution in [0, 0.1) is 24.4 Å². The van der Waals surface area contributed by atoms with Crippen molar-refractivity contribution in [2.45, 2.75) is 20.0 Å². The van der Waals surface area contributed by atoms with E-state index in [1.54, 1.807) is 20.9 Å². The molecule has 0 fully saturated rings. The smallest absolute Gasteiger partial charge is 0.417 e. The molecule has 42 heavy (non-hydrogen) atoms. The van der Waals surface area contributed by atoms with Gasteiger partial charge in [0.05, 0.1) is 42.3 Å². The third kappa shape index (κ3) is 4.66. The van der Waals surface area contributed by atoms with Gasteiger partial charge in [0.2, 0.25) is 5.78 Å². The van der Waals surface area contributed by atoms with Gasteiger partial charge in [-0.05, 0) is 50.3 Å². The zero-order chi connectivity index (χ0) is 30.5. The van der Waals surface area contributed by atoms with Crippen LogP contribution >= 0.6 is 0 Å². The van der Waals surface area contributed by atoms with E-state index in [2.05, 4.69) is 4.98 Å². The topological polar surface area (TPSA) is 57.8 Å². The third-order valence-electron chi connectivity index (χ3n) is 6.94. The number of imidazole rings is 1. The first-order valence-electron chi connectivity index (χ1n) is 12.6. The van der Waals surface area contributed by atoms with Crippen LogP contribution in [0.15, 0.2) is 48.9 Å². The number of fused-ring (bicyclic) bond motifs is 2. The minimum atomic E-state index is -4.82. The molecule has 0 aliphatic rings. The van der Waals surface area contributed by atoms with Crippen molar-refractivity contribution >= 4 is 28.4 Å². The molecule has 0 aliphatic heterocycles. The number of aryl methyl sites for hydroxylation is 2. The summed E-state index contributed by atoms with van der Waals surface area (Å²) in [6.45, 7) is 3.66. The number of nitrogens with zero attached hydrogens (tertiary/aromatic N) is 3. The van der Waals surface area contributed by atoms with Crippen LogP contribution < -0.4 is 4.74 Å². The highest BCUT2D eigenvalue weighted by Crippen LogP contribution is 2.48. The monoisotopic (exact) mass is 587 g/mol. The summed E-state index contributed by atoms with van der Waals surface area (Å²) < 4.78 is 99.2. The summed E-state index contributed by atoms with van der Waals surface area (Å²) in [5.41, 5.74) is -1.09. The Bertz CT molecular complexity index is 1880. The van der Waals surface area contributed by atoms with Gasteiger partial charge >= 0.3 is 6.18 Å². The average molecular weight is 588 g/mol. The standard InChI is InChI=1S/C30H23F6N3O3/c1-5-42-10-8-16-13-23(28(40)17-11-20(31)25(33)21(32)12-17)39-9-6-7-18(27(16)39)24-19(30(34,35)36)14-22-26(29(24)41-4)37-15(2)38(22)3/h6-14H,5H2,1-4H3/b10-8+. The Balaban J connectivity index is 1.88. The third-order valence-corrected chi connectivity index (χ3v) is 6.94. The Morgan fingerprint density at radius 2 is 1.79 bits per heavy atom. The molecule has 0 radical (unpaired) electrons. The van der Waals surface area contributed by atoms with Gasteiger partial charge in [-0.3, -0.25) is 4.79 Å². The lowest BCUT2D eigenvalue weighted by atomic mass is 9.95. The number of rotatable bonds is 7. The number of benzene rings is 2. The molecule has 6 nitrogen and oxygen atoms in total. The molecule has 0 saturated carbocycles. The Kier molecular flexibility index (Phi) is 7.25. The van der Waals surface area contributed by atoms with E-state index >= 15 is 0 Å². The summed E-state index contributed by atoms with van der Waals surface area (Å²) in [6.07, 6.45) is -0.639. The van der Waals surface area contributed by atoms with Gasteiger partial charge in [-0.15, -0.1) is 0 Å². The van der Waals surface area contributed by atoms with Crippen LogP contribution in [0.3, 0.4) is 0 Å². The van der Waals surface area contributed by atoms with E-state index < -0.39 is 40.5 Å². The molecule has 0 unspecified atom stereocenters. The Morgan fingerprint density at radius 1 is 1.10 bits per heavy atom. The van der Waals surface area contributed by atoms with E-state index in [0.717, 1.165) is 6.07 Å². The SMILES string of the molecule is CCO/C=C/c1cc(C(=O)c2cc(F)c(F)c(F)c2)n2cccc(-c3c(C(F)(F)F)cc4c(nc(C)n4C)c3OC)c12. The van der Waals surface area contributed by atoms with Crippen molar-refractivity contribution in [2.24, 2.45) is 7.05 Å². The number of hydrogen-bond donors (Lipinski definition) is 0. The van der Waals surface area contributed by atoms with Crippen LogP contribution in [0.4, 0.5) is 26.3 Å². The van der Waals surface area contributed by atoms with Crippen LogP contribution in [0.5, 0.6) is 5.75 Å². The zero-order valence-electron chi connectivity index (χ0n) is 22.7. The van der Waals surface area contributed by atoms with Gasteiger partial charge in [-0.2, -0.15) is 13.2 Å². The molecule has 0 spiro atoms. The molecule has 0 aliphatic carbocycles. The van der Waals surface area contributed by atoms with Crippen molar-refractivity contribution < 1.29 is 40.6 Å². The minimum absolute atomic E-state index is 0.0403. The Morgan fingerprint density at radius 3 is 2.40 bits per heavy atom. The van der Waals surface area contributed by atoms with Gasteiger partial charge in [0.1, 0.15) is 11.3 Å². The first kappa shape index (κ1) is 28.8. The second-order valence-electron chi connectivity index (χ2n) is 9.38. The number of pyridine rings is 1. The van der Waals surface area contributed by atoms with Crippen molar-refractivity contribution in [3.8, 4) is 16.9 Å². The van der Waals surface area contributed by atoms with E-state index in [-0.39, 0.29) is 51.3 Å². The highest BCUT2D eigenvalue weighted by Gasteiger charge is 2.38. The number of halogens is 6. The molecule has 218 valence electrons. The highest BCUT2D eigenvalue weighted by atomic mass is 19.4. The molecule has 0 saturated heterocycles. The molecule has 5 aromatic rings. The molecule has 0 bridgehead atoms. The maximum atomic E-state index is 14.6. The number of alkyl halides is 3. The number of ketones is 1. The van der Waals surface area contributed by atoms with E-state index in [1.165, 1.54) is 52.8 Å². The fraction of sp³-hybridized carbons (Fsp3) is 0.200. The van der Waals surface area contributed by atoms with E-state index in [1.807, 2.05) is 0 Å². The average Bonchev–Trinajstić information content (AvgIpc) is 3.46. The van der Waals surface area contributed by atoms with Crippen LogP contribution in [0.1, 0.15) is 39.9 Å². The summed E-state index contributed by atoms with van der Waals surface area (Å²) in [5.74, 6) is -5.42. The largest absolute Gasteiger partial charge is 0.501 e. The van der Waals surface area contributed by atoms with Crippen molar-refractivity contribution in [2.75, 3.05) is 13.7 Å². The predicted octanol–water partition coefficient (Wildman–Crippen LogP) is 7.48. The fourth-order valence-corrected chi connectivity index (χ4v) is 4.94. The summed E-state index contributed by atoms with van der Waals surface area (Å²) >= 11 is 0. The van der Waals surface area contributed by atoms with Crippen LogP contribution in [-0.2, 0) is 18.0 Å². The summed E-state index contributed by atoms with van der Waals surface area (Å²) in [5, 5.41) is 0. The lowest BCUT2D eigenvalue weighted by Gasteiger charge is -2.19. The second kappa shape index (κ2) is 10.6. The molecule has 3 aromatic heterocycles. The van der Waals surface area contributed by atoms with E-state index in [9.17, 15) is 31.1 Å². The summed E-state index contributed by atoms with van der Waals surface area (Å²) in [7, 11) is 2.83. The van der Waals surface area contributed by atoms with E-state index in [0.29, 0.717) is 18.0 Å². The second-order valence-corrected chi connectivity index (χ2v) is 9.38. The van der Waals surface area contributed by atoms with Crippen molar-refractivity contribution in [1.29, 1.82) is 0 Å². The van der Waals surface area contributed by atoms with Gasteiger partial charge in [0.15, 0.2) is 23.2 Å². The van der Waals surface area contributed by atoms with Crippen LogP contribution in [-0.4, -0.2) is 33.5 Å². The van der Waals surface area contributed by atoms with Gasteiger partial charge in [-0.1, -0.05) is 6.07 Å². The molecule has 0 N–H and O–H groups in total.